The maximum absolute atomic E-state index is 12.0. The van der Waals surface area contributed by atoms with Gasteiger partial charge in [0.15, 0.2) is 0 Å². The molecule has 2 fully saturated rings. The van der Waals surface area contributed by atoms with Crippen LogP contribution in [-0.4, -0.2) is 29.0 Å². The van der Waals surface area contributed by atoms with E-state index in [0.717, 1.165) is 0 Å². The molecule has 2 rings (SSSR count). The van der Waals surface area contributed by atoms with E-state index < -0.39 is 11.7 Å². The maximum atomic E-state index is 12.0. The molecular weight excluding hydrogens is 242 g/mol. The van der Waals surface area contributed by atoms with E-state index in [-0.39, 0.29) is 5.91 Å². The number of rotatable bonds is 1. The first-order chi connectivity index (χ1) is 8.87. The van der Waals surface area contributed by atoms with E-state index in [1.54, 1.807) is 0 Å². The van der Waals surface area contributed by atoms with Gasteiger partial charge in [0.05, 0.1) is 0 Å². The molecule has 0 aromatic heterocycles. The van der Waals surface area contributed by atoms with Gasteiger partial charge in [-0.2, -0.15) is 0 Å². The van der Waals surface area contributed by atoms with Crippen LogP contribution in [0.4, 0.5) is 4.79 Å². The Morgan fingerprint density at radius 2 is 1.79 bits per heavy atom. The van der Waals surface area contributed by atoms with E-state index in [1.165, 1.54) is 37.0 Å². The third-order valence-corrected chi connectivity index (χ3v) is 4.09. The Morgan fingerprint density at radius 3 is 2.37 bits per heavy atom. The van der Waals surface area contributed by atoms with Crippen molar-refractivity contribution in [1.29, 1.82) is 0 Å². The summed E-state index contributed by atoms with van der Waals surface area (Å²) in [6.07, 6.45) is 6.30. The summed E-state index contributed by atoms with van der Waals surface area (Å²) in [5, 5.41) is 0. The van der Waals surface area contributed by atoms with E-state index in [0.29, 0.717) is 24.8 Å². The van der Waals surface area contributed by atoms with Gasteiger partial charge in [-0.1, -0.05) is 32.1 Å². The van der Waals surface area contributed by atoms with Crippen molar-refractivity contribution in [2.24, 2.45) is 11.8 Å². The molecule has 1 aliphatic carbocycles. The van der Waals surface area contributed by atoms with Gasteiger partial charge in [-0.15, -0.1) is 0 Å². The molecule has 1 saturated carbocycles. The normalized spacial score (nSPS) is 25.7. The quantitative estimate of drug-likeness (QED) is 0.732. The Labute approximate surface area is 115 Å². The van der Waals surface area contributed by atoms with Crippen LogP contribution in [0.15, 0.2) is 0 Å². The van der Waals surface area contributed by atoms with Gasteiger partial charge < -0.3 is 4.74 Å². The second-order valence-corrected chi connectivity index (χ2v) is 6.85. The number of amides is 2. The molecule has 108 valence electrons. The molecule has 0 aromatic carbocycles. The van der Waals surface area contributed by atoms with Gasteiger partial charge in [-0.05, 0) is 32.6 Å². The molecule has 0 bridgehead atoms. The topological polar surface area (TPSA) is 46.6 Å². The zero-order chi connectivity index (χ0) is 14.0. The molecule has 4 heteroatoms. The van der Waals surface area contributed by atoms with Crippen molar-refractivity contribution in [3.8, 4) is 0 Å². The smallest absolute Gasteiger partial charge is 0.417 e. The Morgan fingerprint density at radius 1 is 1.16 bits per heavy atom. The number of imide groups is 1. The Balaban J connectivity index is 1.93. The van der Waals surface area contributed by atoms with E-state index in [4.69, 9.17) is 4.74 Å². The van der Waals surface area contributed by atoms with Gasteiger partial charge >= 0.3 is 6.09 Å². The average Bonchev–Trinajstić information content (AvgIpc) is 2.70. The van der Waals surface area contributed by atoms with Gasteiger partial charge in [-0.3, -0.25) is 4.79 Å². The summed E-state index contributed by atoms with van der Waals surface area (Å²) in [7, 11) is 0. The second kappa shape index (κ2) is 5.51. The molecule has 1 atom stereocenters. The fraction of sp³-hybridized carbons (Fsp3) is 0.867. The predicted molar refractivity (Wildman–Crippen MR) is 72.6 cm³/mol. The second-order valence-electron chi connectivity index (χ2n) is 6.85. The number of carbonyl (C=O) groups is 2. The van der Waals surface area contributed by atoms with Crippen molar-refractivity contribution in [1.82, 2.24) is 4.90 Å². The molecule has 0 aromatic rings. The van der Waals surface area contributed by atoms with Gasteiger partial charge in [0.1, 0.15) is 5.60 Å². The first-order valence-electron chi connectivity index (χ1n) is 7.40. The van der Waals surface area contributed by atoms with Crippen LogP contribution < -0.4 is 0 Å². The van der Waals surface area contributed by atoms with Crippen LogP contribution in [0.1, 0.15) is 59.3 Å². The van der Waals surface area contributed by atoms with Crippen molar-refractivity contribution < 1.29 is 14.3 Å². The number of hydrogen-bond acceptors (Lipinski definition) is 3. The fourth-order valence-corrected chi connectivity index (χ4v) is 3.15. The zero-order valence-corrected chi connectivity index (χ0v) is 12.3. The highest BCUT2D eigenvalue weighted by molar-refractivity contribution is 5.93. The molecule has 2 amide bonds. The minimum absolute atomic E-state index is 0.0650. The summed E-state index contributed by atoms with van der Waals surface area (Å²) in [6, 6.07) is 0. The Hall–Kier alpha value is -1.06. The first-order valence-corrected chi connectivity index (χ1v) is 7.40. The third-order valence-electron chi connectivity index (χ3n) is 4.09. The van der Waals surface area contributed by atoms with Crippen LogP contribution in [0.2, 0.25) is 0 Å². The lowest BCUT2D eigenvalue weighted by atomic mass is 9.79. The highest BCUT2D eigenvalue weighted by atomic mass is 16.6. The fourth-order valence-electron chi connectivity index (χ4n) is 3.15. The molecule has 0 spiro atoms. The van der Waals surface area contributed by atoms with Gasteiger partial charge in [-0.25, -0.2) is 9.69 Å². The summed E-state index contributed by atoms with van der Waals surface area (Å²) in [6.45, 7) is 6.02. The van der Waals surface area contributed by atoms with Crippen molar-refractivity contribution in [3.63, 3.8) is 0 Å². The molecule has 1 saturated heterocycles. The van der Waals surface area contributed by atoms with E-state index in [1.807, 2.05) is 20.8 Å². The standard InChI is InChI=1S/C15H25NO3/c1-15(2,3)19-14(18)16-10-12(9-13(16)17)11-7-5-4-6-8-11/h11-12H,4-10H2,1-3H3. The van der Waals surface area contributed by atoms with Gasteiger partial charge in [0.2, 0.25) is 5.91 Å². The molecule has 0 N–H and O–H groups in total. The van der Waals surface area contributed by atoms with Gasteiger partial charge in [0, 0.05) is 13.0 Å². The molecule has 1 heterocycles. The molecular formula is C15H25NO3. The predicted octanol–water partition coefficient (Wildman–Crippen LogP) is 3.35. The zero-order valence-electron chi connectivity index (χ0n) is 12.3. The largest absolute Gasteiger partial charge is 0.443 e. The Bertz CT molecular complexity index is 353. The highest BCUT2D eigenvalue weighted by Crippen LogP contribution is 2.35. The van der Waals surface area contributed by atoms with Crippen LogP contribution in [0.25, 0.3) is 0 Å². The van der Waals surface area contributed by atoms with Crippen LogP contribution in [0.3, 0.4) is 0 Å². The SMILES string of the molecule is CC(C)(C)OC(=O)N1CC(C2CCCCC2)CC1=O. The monoisotopic (exact) mass is 267 g/mol. The number of hydrogen-bond donors (Lipinski definition) is 0. The number of nitrogens with zero attached hydrogens (tertiary/aromatic N) is 1. The average molecular weight is 267 g/mol. The summed E-state index contributed by atoms with van der Waals surface area (Å²) in [5.41, 5.74) is -0.541. The van der Waals surface area contributed by atoms with Crippen molar-refractivity contribution in [2.75, 3.05) is 6.54 Å². The summed E-state index contributed by atoms with van der Waals surface area (Å²) in [5.74, 6) is 0.898. The molecule has 1 unspecified atom stereocenters. The van der Waals surface area contributed by atoms with Crippen LogP contribution in [0.5, 0.6) is 0 Å². The lowest BCUT2D eigenvalue weighted by molar-refractivity contribution is -0.127. The summed E-state index contributed by atoms with van der Waals surface area (Å²) >= 11 is 0. The van der Waals surface area contributed by atoms with E-state index in [2.05, 4.69) is 0 Å². The third kappa shape index (κ3) is 3.71. The molecule has 1 aliphatic heterocycles. The number of ether oxygens (including phenoxy) is 1. The first kappa shape index (κ1) is 14.4. The molecule has 0 radical (unpaired) electrons. The minimum atomic E-state index is -0.541. The van der Waals surface area contributed by atoms with Crippen LogP contribution in [-0.2, 0) is 9.53 Å². The highest BCUT2D eigenvalue weighted by Gasteiger charge is 2.39. The molecule has 4 nitrogen and oxygen atoms in total. The number of carbonyl (C=O) groups excluding carboxylic acids is 2. The van der Waals surface area contributed by atoms with Crippen molar-refractivity contribution in [3.05, 3.63) is 0 Å². The van der Waals surface area contributed by atoms with Crippen molar-refractivity contribution in [2.45, 2.75) is 64.9 Å². The molecule has 19 heavy (non-hydrogen) atoms. The van der Waals surface area contributed by atoms with Crippen molar-refractivity contribution >= 4 is 12.0 Å². The summed E-state index contributed by atoms with van der Waals surface area (Å²) < 4.78 is 5.29. The van der Waals surface area contributed by atoms with Crippen LogP contribution >= 0.6 is 0 Å². The maximum Gasteiger partial charge on any atom is 0.417 e. The van der Waals surface area contributed by atoms with E-state index in [9.17, 15) is 9.59 Å². The van der Waals surface area contributed by atoms with Gasteiger partial charge in [0.25, 0.3) is 0 Å². The van der Waals surface area contributed by atoms with E-state index >= 15 is 0 Å². The Kier molecular flexibility index (Phi) is 4.16. The van der Waals surface area contributed by atoms with Crippen LogP contribution in [0, 0.1) is 11.8 Å². The summed E-state index contributed by atoms with van der Waals surface area (Å²) in [4.78, 5) is 25.3. The molecule has 2 aliphatic rings. The minimum Gasteiger partial charge on any atom is -0.443 e. The number of likely N-dealkylation sites (tertiary alicyclic amines) is 1. The lowest BCUT2D eigenvalue weighted by Gasteiger charge is -2.27. The lowest BCUT2D eigenvalue weighted by Crippen LogP contribution is -2.38.